The molecule has 1 rings (SSSR count). The molecule has 0 aliphatic carbocycles. The molecule has 0 aromatic heterocycles. The molecule has 0 saturated heterocycles. The maximum absolute atomic E-state index is 8.67. The van der Waals surface area contributed by atoms with E-state index in [1.165, 1.54) is 12.1 Å². The average Bonchev–Trinajstić information content (AvgIpc) is 1.94. The number of hydrogen-bond acceptors (Lipinski definition) is 3. The van der Waals surface area contributed by atoms with E-state index in [1.807, 2.05) is 0 Å². The highest BCUT2D eigenvalue weighted by atomic mass is 35.9. The largest absolute Gasteiger partial charge is 0.504 e. The molecule has 3 N–H and O–H groups in total. The smallest absolute Gasteiger partial charge is 0.222 e. The molecule has 0 radical (unpaired) electrons. The van der Waals surface area contributed by atoms with E-state index in [0.29, 0.717) is 0 Å². The molecule has 0 amide bonds. The van der Waals surface area contributed by atoms with Gasteiger partial charge in [0.25, 0.3) is 0 Å². The lowest BCUT2D eigenvalue weighted by Crippen LogP contribution is -1.63. The second-order valence-electron chi connectivity index (χ2n) is 1.70. The summed E-state index contributed by atoms with van der Waals surface area (Å²) in [5, 5.41) is 17.3. The van der Waals surface area contributed by atoms with Gasteiger partial charge in [-0.25, -0.2) is 0 Å². The molecule has 0 heterocycles. The Balaban J connectivity index is 0.000000261. The number of rotatable bonds is 0. The van der Waals surface area contributed by atoms with E-state index in [1.54, 1.807) is 12.1 Å². The normalized spacial score (nSPS) is 9.00. The van der Waals surface area contributed by atoms with Crippen molar-refractivity contribution in [3.63, 3.8) is 0 Å². The zero-order valence-electron chi connectivity index (χ0n) is 5.85. The van der Waals surface area contributed by atoms with Crippen molar-refractivity contribution < 1.29 is 15.1 Å². The van der Waals surface area contributed by atoms with E-state index in [0.717, 1.165) is 0 Å². The Morgan fingerprint density at radius 1 is 1.00 bits per heavy atom. The van der Waals surface area contributed by atoms with Gasteiger partial charge in [-0.1, -0.05) is 12.1 Å². The van der Waals surface area contributed by atoms with Crippen LogP contribution in [0.4, 0.5) is 0 Å². The van der Waals surface area contributed by atoms with Gasteiger partial charge in [0.05, 0.1) is 0 Å². The number of phenols is 2. The van der Waals surface area contributed by atoms with E-state index < -0.39 is 6.85 Å². The Labute approximate surface area is 80.6 Å². The average molecular weight is 229 g/mol. The summed E-state index contributed by atoms with van der Waals surface area (Å²) in [6.45, 7) is -1.68. The first-order chi connectivity index (χ1) is 5.54. The lowest BCUT2D eigenvalue weighted by Gasteiger charge is -1.91. The standard InChI is InChI=1S/C6H6O2.Cl2HOP/c7-5-3-1-2-4-6(5)8;1-4(2)3/h1-4,7-8H;3H. The topological polar surface area (TPSA) is 60.7 Å². The highest BCUT2D eigenvalue weighted by Crippen LogP contribution is 2.40. The van der Waals surface area contributed by atoms with Crippen molar-refractivity contribution in [2.45, 2.75) is 0 Å². The summed E-state index contributed by atoms with van der Waals surface area (Å²) in [4.78, 5) is 7.65. The summed E-state index contributed by atoms with van der Waals surface area (Å²) in [6, 6.07) is 6.15. The van der Waals surface area contributed by atoms with E-state index in [2.05, 4.69) is 22.5 Å². The molecule has 1 aromatic rings. The quantitative estimate of drug-likeness (QED) is 0.473. The summed E-state index contributed by atoms with van der Waals surface area (Å²) in [5.41, 5.74) is 0. The number of para-hydroxylation sites is 2. The molecule has 0 aliphatic rings. The molecular formula is C6H7Cl2O3P. The molecule has 12 heavy (non-hydrogen) atoms. The highest BCUT2D eigenvalue weighted by Gasteiger charge is 1.90. The predicted molar refractivity (Wildman–Crippen MR) is 50.6 cm³/mol. The summed E-state index contributed by atoms with van der Waals surface area (Å²) in [7, 11) is 0. The molecule has 3 nitrogen and oxygen atoms in total. The van der Waals surface area contributed by atoms with Crippen LogP contribution in [0, 0.1) is 0 Å². The third kappa shape index (κ3) is 6.50. The second-order valence-corrected chi connectivity index (χ2v) is 4.57. The minimum Gasteiger partial charge on any atom is -0.504 e. The van der Waals surface area contributed by atoms with Crippen LogP contribution in [-0.2, 0) is 0 Å². The first-order valence-electron chi connectivity index (χ1n) is 2.81. The molecule has 0 bridgehead atoms. The monoisotopic (exact) mass is 228 g/mol. The van der Waals surface area contributed by atoms with Gasteiger partial charge < -0.3 is 15.1 Å². The van der Waals surface area contributed by atoms with Crippen molar-refractivity contribution >= 4 is 29.3 Å². The highest BCUT2D eigenvalue weighted by molar-refractivity contribution is 7.99. The zero-order chi connectivity index (χ0) is 9.56. The molecule has 0 spiro atoms. The van der Waals surface area contributed by atoms with Crippen LogP contribution < -0.4 is 0 Å². The molecule has 0 atom stereocenters. The SMILES string of the molecule is OP(Cl)Cl.Oc1ccccc1O. The Hall–Kier alpha value is -0.210. The van der Waals surface area contributed by atoms with E-state index in [9.17, 15) is 0 Å². The molecule has 0 fully saturated rings. The molecule has 68 valence electrons. The first-order valence-corrected chi connectivity index (χ1v) is 5.92. The molecule has 6 heteroatoms. The van der Waals surface area contributed by atoms with E-state index in [4.69, 9.17) is 15.1 Å². The Morgan fingerprint density at radius 3 is 1.42 bits per heavy atom. The van der Waals surface area contributed by atoms with Crippen molar-refractivity contribution in [2.24, 2.45) is 0 Å². The Bertz CT molecular complexity index is 208. The van der Waals surface area contributed by atoms with Crippen molar-refractivity contribution in [2.75, 3.05) is 0 Å². The number of aromatic hydroxyl groups is 2. The van der Waals surface area contributed by atoms with Gasteiger partial charge in [0, 0.05) is 0 Å². The van der Waals surface area contributed by atoms with Crippen molar-refractivity contribution in [3.05, 3.63) is 24.3 Å². The van der Waals surface area contributed by atoms with Gasteiger partial charge in [0.2, 0.25) is 6.85 Å². The summed E-state index contributed by atoms with van der Waals surface area (Å²) in [5.74, 6) is -0.153. The Morgan fingerprint density at radius 2 is 1.25 bits per heavy atom. The van der Waals surface area contributed by atoms with Crippen LogP contribution in [-0.4, -0.2) is 15.1 Å². The summed E-state index contributed by atoms with van der Waals surface area (Å²) < 4.78 is 0. The van der Waals surface area contributed by atoms with Crippen molar-refractivity contribution in [1.29, 1.82) is 0 Å². The summed E-state index contributed by atoms with van der Waals surface area (Å²) in [6.07, 6.45) is 0. The predicted octanol–water partition coefficient (Wildman–Crippen LogP) is 2.78. The van der Waals surface area contributed by atoms with Gasteiger partial charge in [-0.15, -0.1) is 0 Å². The minimum atomic E-state index is -1.68. The zero-order valence-corrected chi connectivity index (χ0v) is 8.26. The molecule has 0 unspecified atom stereocenters. The van der Waals surface area contributed by atoms with Crippen LogP contribution in [0.2, 0.25) is 0 Å². The third-order valence-electron chi connectivity index (χ3n) is 0.882. The van der Waals surface area contributed by atoms with Gasteiger partial charge in [0.1, 0.15) is 0 Å². The number of benzene rings is 1. The number of halogens is 2. The second kappa shape index (κ2) is 6.32. The number of phenolic OH excluding ortho intramolecular Hbond substituents is 2. The maximum Gasteiger partial charge on any atom is 0.222 e. The fourth-order valence-electron chi connectivity index (χ4n) is 0.464. The van der Waals surface area contributed by atoms with Crippen LogP contribution in [0.5, 0.6) is 11.5 Å². The van der Waals surface area contributed by atoms with Crippen molar-refractivity contribution in [3.8, 4) is 11.5 Å². The van der Waals surface area contributed by atoms with Gasteiger partial charge in [0.15, 0.2) is 11.5 Å². The van der Waals surface area contributed by atoms with Crippen LogP contribution in [0.1, 0.15) is 0 Å². The van der Waals surface area contributed by atoms with Gasteiger partial charge in [-0.3, -0.25) is 0 Å². The van der Waals surface area contributed by atoms with Gasteiger partial charge >= 0.3 is 0 Å². The van der Waals surface area contributed by atoms with E-state index in [-0.39, 0.29) is 11.5 Å². The van der Waals surface area contributed by atoms with Gasteiger partial charge in [-0.05, 0) is 34.6 Å². The number of hydrogen-bond donors (Lipinski definition) is 3. The molecular weight excluding hydrogens is 222 g/mol. The van der Waals surface area contributed by atoms with E-state index >= 15 is 0 Å². The third-order valence-corrected chi connectivity index (χ3v) is 0.882. The Kier molecular flexibility index (Phi) is 6.21. The minimum absolute atomic E-state index is 0.0764. The van der Waals surface area contributed by atoms with Crippen LogP contribution in [0.15, 0.2) is 24.3 Å². The van der Waals surface area contributed by atoms with Crippen LogP contribution in [0.25, 0.3) is 0 Å². The molecule has 1 aromatic carbocycles. The lowest BCUT2D eigenvalue weighted by molar-refractivity contribution is 0.404. The first kappa shape index (κ1) is 11.8. The summed E-state index contributed by atoms with van der Waals surface area (Å²) >= 11 is 9.32. The molecule has 0 aliphatic heterocycles. The fourth-order valence-corrected chi connectivity index (χ4v) is 0.464. The van der Waals surface area contributed by atoms with Crippen LogP contribution in [0.3, 0.4) is 0 Å². The van der Waals surface area contributed by atoms with Gasteiger partial charge in [-0.2, -0.15) is 0 Å². The lowest BCUT2D eigenvalue weighted by atomic mass is 10.3. The maximum atomic E-state index is 8.67. The fraction of sp³-hybridized carbons (Fsp3) is 0. The molecule has 0 saturated carbocycles. The van der Waals surface area contributed by atoms with Crippen molar-refractivity contribution in [1.82, 2.24) is 0 Å². The van der Waals surface area contributed by atoms with Crippen LogP contribution >= 0.6 is 29.3 Å².